The van der Waals surface area contributed by atoms with Gasteiger partial charge in [-0.05, 0) is 33.6 Å². The molecular formula is C12H9BrN2O2S. The topological polar surface area (TPSA) is 63.1 Å². The lowest BCUT2D eigenvalue weighted by Gasteiger charge is -2.03. The fourth-order valence-electron chi connectivity index (χ4n) is 1.34. The number of carboxylic acid groups (broad SMARTS) is 1. The molecule has 0 bridgehead atoms. The lowest BCUT2D eigenvalue weighted by molar-refractivity contribution is -0.136. The molecule has 18 heavy (non-hydrogen) atoms. The Balaban J connectivity index is 2.11. The van der Waals surface area contributed by atoms with Crippen molar-refractivity contribution >= 4 is 33.7 Å². The van der Waals surface area contributed by atoms with E-state index in [1.807, 2.05) is 24.3 Å². The van der Waals surface area contributed by atoms with E-state index in [-0.39, 0.29) is 6.42 Å². The number of benzene rings is 1. The third-order valence-corrected chi connectivity index (χ3v) is 4.00. The average molecular weight is 325 g/mol. The van der Waals surface area contributed by atoms with Crippen LogP contribution in [-0.2, 0) is 11.2 Å². The van der Waals surface area contributed by atoms with Gasteiger partial charge in [0, 0.05) is 11.1 Å². The van der Waals surface area contributed by atoms with Gasteiger partial charge in [-0.3, -0.25) is 4.79 Å². The largest absolute Gasteiger partial charge is 0.481 e. The Bertz CT molecular complexity index is 560. The summed E-state index contributed by atoms with van der Waals surface area (Å²) in [6.45, 7) is 0. The first kappa shape index (κ1) is 13.0. The Morgan fingerprint density at radius 1 is 1.33 bits per heavy atom. The van der Waals surface area contributed by atoms with Crippen LogP contribution < -0.4 is 0 Å². The van der Waals surface area contributed by atoms with Crippen LogP contribution in [0.25, 0.3) is 0 Å². The SMILES string of the molecule is O=C(O)Cc1ccc(Sc2ncncc2Br)cc1. The number of aromatic nitrogens is 2. The number of carboxylic acids is 1. The Morgan fingerprint density at radius 3 is 2.67 bits per heavy atom. The van der Waals surface area contributed by atoms with Crippen molar-refractivity contribution in [3.8, 4) is 0 Å². The number of rotatable bonds is 4. The van der Waals surface area contributed by atoms with Gasteiger partial charge in [-0.25, -0.2) is 9.97 Å². The summed E-state index contributed by atoms with van der Waals surface area (Å²) >= 11 is 4.87. The van der Waals surface area contributed by atoms with E-state index >= 15 is 0 Å². The van der Waals surface area contributed by atoms with Crippen molar-refractivity contribution < 1.29 is 9.90 Å². The van der Waals surface area contributed by atoms with Crippen LogP contribution in [0.4, 0.5) is 0 Å². The lowest BCUT2D eigenvalue weighted by Crippen LogP contribution is -1.99. The molecule has 0 spiro atoms. The molecular weight excluding hydrogens is 316 g/mol. The summed E-state index contributed by atoms with van der Waals surface area (Å²) in [7, 11) is 0. The molecule has 1 aromatic carbocycles. The normalized spacial score (nSPS) is 10.3. The smallest absolute Gasteiger partial charge is 0.307 e. The van der Waals surface area contributed by atoms with Crippen LogP contribution in [0.3, 0.4) is 0 Å². The van der Waals surface area contributed by atoms with Gasteiger partial charge in [-0.2, -0.15) is 0 Å². The zero-order chi connectivity index (χ0) is 13.0. The van der Waals surface area contributed by atoms with Gasteiger partial charge in [0.1, 0.15) is 11.4 Å². The van der Waals surface area contributed by atoms with E-state index in [1.54, 1.807) is 6.20 Å². The number of halogens is 1. The van der Waals surface area contributed by atoms with E-state index in [4.69, 9.17) is 5.11 Å². The highest BCUT2D eigenvalue weighted by molar-refractivity contribution is 9.10. The molecule has 0 unspecified atom stereocenters. The molecule has 0 radical (unpaired) electrons. The molecule has 1 aromatic heterocycles. The van der Waals surface area contributed by atoms with Crippen LogP contribution in [0.15, 0.2) is 51.2 Å². The minimum absolute atomic E-state index is 0.0438. The summed E-state index contributed by atoms with van der Waals surface area (Å²) in [6, 6.07) is 7.39. The molecule has 92 valence electrons. The second-order valence-corrected chi connectivity index (χ2v) is 5.41. The van der Waals surface area contributed by atoms with Crippen LogP contribution in [0.5, 0.6) is 0 Å². The van der Waals surface area contributed by atoms with E-state index < -0.39 is 5.97 Å². The maximum absolute atomic E-state index is 10.6. The van der Waals surface area contributed by atoms with Crippen molar-refractivity contribution in [3.63, 3.8) is 0 Å². The molecule has 4 nitrogen and oxygen atoms in total. The third-order valence-electron chi connectivity index (χ3n) is 2.13. The molecule has 2 rings (SSSR count). The highest BCUT2D eigenvalue weighted by Crippen LogP contribution is 2.30. The van der Waals surface area contributed by atoms with Gasteiger partial charge in [0.05, 0.1) is 10.9 Å². The quantitative estimate of drug-likeness (QED) is 0.876. The average Bonchev–Trinajstić information content (AvgIpc) is 2.34. The molecule has 0 aliphatic heterocycles. The summed E-state index contributed by atoms with van der Waals surface area (Å²) < 4.78 is 0.838. The minimum Gasteiger partial charge on any atom is -0.481 e. The maximum atomic E-state index is 10.6. The van der Waals surface area contributed by atoms with Crippen LogP contribution >= 0.6 is 27.7 Å². The summed E-state index contributed by atoms with van der Waals surface area (Å²) in [4.78, 5) is 19.6. The molecule has 0 fully saturated rings. The van der Waals surface area contributed by atoms with Crippen LogP contribution in [-0.4, -0.2) is 21.0 Å². The van der Waals surface area contributed by atoms with Crippen molar-refractivity contribution in [2.45, 2.75) is 16.3 Å². The summed E-state index contributed by atoms with van der Waals surface area (Å²) in [5.41, 5.74) is 0.786. The van der Waals surface area contributed by atoms with Gasteiger partial charge >= 0.3 is 5.97 Å². The molecule has 0 saturated heterocycles. The van der Waals surface area contributed by atoms with Crippen LogP contribution in [0, 0.1) is 0 Å². The number of nitrogens with zero attached hydrogens (tertiary/aromatic N) is 2. The van der Waals surface area contributed by atoms with Crippen molar-refractivity contribution in [1.82, 2.24) is 9.97 Å². The lowest BCUT2D eigenvalue weighted by atomic mass is 10.2. The van der Waals surface area contributed by atoms with Gasteiger partial charge in [-0.15, -0.1) is 0 Å². The number of carbonyl (C=O) groups is 1. The Morgan fingerprint density at radius 2 is 2.06 bits per heavy atom. The third kappa shape index (κ3) is 3.54. The first-order valence-electron chi connectivity index (χ1n) is 5.09. The monoisotopic (exact) mass is 324 g/mol. The highest BCUT2D eigenvalue weighted by atomic mass is 79.9. The minimum atomic E-state index is -0.825. The standard InChI is InChI=1S/C12H9BrN2O2S/c13-10-6-14-7-15-12(10)18-9-3-1-8(2-4-9)5-11(16)17/h1-4,6-7H,5H2,(H,16,17). The molecule has 6 heteroatoms. The number of hydrogen-bond acceptors (Lipinski definition) is 4. The summed E-state index contributed by atoms with van der Waals surface area (Å²) in [6.07, 6.45) is 3.22. The summed E-state index contributed by atoms with van der Waals surface area (Å²) in [5, 5.41) is 9.51. The molecule has 0 amide bonds. The first-order chi connectivity index (χ1) is 8.65. The zero-order valence-corrected chi connectivity index (χ0v) is 11.6. The van der Waals surface area contributed by atoms with Crippen LogP contribution in [0.1, 0.15) is 5.56 Å². The zero-order valence-electron chi connectivity index (χ0n) is 9.21. The van der Waals surface area contributed by atoms with E-state index in [2.05, 4.69) is 25.9 Å². The van der Waals surface area contributed by atoms with Gasteiger partial charge in [0.25, 0.3) is 0 Å². The fraction of sp³-hybridized carbons (Fsp3) is 0.0833. The van der Waals surface area contributed by atoms with E-state index in [0.29, 0.717) is 0 Å². The molecule has 0 atom stereocenters. The summed E-state index contributed by atoms with van der Waals surface area (Å²) in [5.74, 6) is -0.825. The van der Waals surface area contributed by atoms with Crippen molar-refractivity contribution in [1.29, 1.82) is 0 Å². The Hall–Kier alpha value is -1.40. The fourth-order valence-corrected chi connectivity index (χ4v) is 2.55. The van der Waals surface area contributed by atoms with Crippen molar-refractivity contribution in [2.24, 2.45) is 0 Å². The van der Waals surface area contributed by atoms with Gasteiger partial charge in [0.2, 0.25) is 0 Å². The molecule has 0 aliphatic rings. The van der Waals surface area contributed by atoms with Crippen molar-refractivity contribution in [2.75, 3.05) is 0 Å². The van der Waals surface area contributed by atoms with Gasteiger partial charge in [-0.1, -0.05) is 23.9 Å². The molecule has 0 aliphatic carbocycles. The molecule has 0 saturated carbocycles. The predicted octanol–water partition coefficient (Wildman–Crippen LogP) is 3.02. The van der Waals surface area contributed by atoms with Crippen molar-refractivity contribution in [3.05, 3.63) is 46.8 Å². The molecule has 1 N–H and O–H groups in total. The predicted molar refractivity (Wildman–Crippen MR) is 71.6 cm³/mol. The van der Waals surface area contributed by atoms with Gasteiger partial charge < -0.3 is 5.11 Å². The highest BCUT2D eigenvalue weighted by Gasteiger charge is 2.05. The van der Waals surface area contributed by atoms with E-state index in [9.17, 15) is 4.79 Å². The maximum Gasteiger partial charge on any atom is 0.307 e. The van der Waals surface area contributed by atoms with E-state index in [0.717, 1.165) is 20.0 Å². The first-order valence-corrected chi connectivity index (χ1v) is 6.70. The number of hydrogen-bond donors (Lipinski definition) is 1. The second kappa shape index (κ2) is 5.97. The second-order valence-electron chi connectivity index (χ2n) is 3.49. The molecule has 1 heterocycles. The molecule has 2 aromatic rings. The Labute approximate surface area is 117 Å². The Kier molecular flexibility index (Phi) is 4.33. The number of aliphatic carboxylic acids is 1. The van der Waals surface area contributed by atoms with E-state index in [1.165, 1.54) is 18.1 Å². The van der Waals surface area contributed by atoms with Gasteiger partial charge in [0.15, 0.2) is 0 Å². The van der Waals surface area contributed by atoms with Crippen LogP contribution in [0.2, 0.25) is 0 Å².